The van der Waals surface area contributed by atoms with Gasteiger partial charge in [0.25, 0.3) is 0 Å². The Morgan fingerprint density at radius 3 is 2.65 bits per heavy atom. The number of halogens is 3. The molecule has 1 heterocycles. The molecule has 7 heteroatoms. The number of aromatic nitrogens is 2. The molecule has 0 fully saturated rings. The van der Waals surface area contributed by atoms with E-state index in [1.165, 1.54) is 19.4 Å². The molecular formula is C10H15F3N4. The Labute approximate surface area is 97.9 Å². The third kappa shape index (κ3) is 4.88. The van der Waals surface area contributed by atoms with Gasteiger partial charge in [0.05, 0.1) is 12.4 Å². The summed E-state index contributed by atoms with van der Waals surface area (Å²) >= 11 is 0. The van der Waals surface area contributed by atoms with Gasteiger partial charge in [-0.1, -0.05) is 6.92 Å². The Bertz CT molecular complexity index is 354. The van der Waals surface area contributed by atoms with Crippen LogP contribution < -0.4 is 10.2 Å². The molecule has 0 radical (unpaired) electrons. The molecule has 0 saturated carbocycles. The fourth-order valence-corrected chi connectivity index (χ4v) is 1.23. The molecule has 4 nitrogen and oxygen atoms in total. The van der Waals surface area contributed by atoms with Gasteiger partial charge < -0.3 is 10.2 Å². The molecule has 0 aliphatic rings. The van der Waals surface area contributed by atoms with Gasteiger partial charge in [-0.3, -0.25) is 4.98 Å². The summed E-state index contributed by atoms with van der Waals surface area (Å²) in [7, 11) is 1.33. The zero-order valence-corrected chi connectivity index (χ0v) is 9.75. The summed E-state index contributed by atoms with van der Waals surface area (Å²) in [5, 5.41) is 2.97. The van der Waals surface area contributed by atoms with Crippen LogP contribution in [0.15, 0.2) is 12.4 Å². The Morgan fingerprint density at radius 2 is 2.06 bits per heavy atom. The van der Waals surface area contributed by atoms with Gasteiger partial charge in [0.15, 0.2) is 0 Å². The van der Waals surface area contributed by atoms with Gasteiger partial charge in [-0.05, 0) is 6.42 Å². The van der Waals surface area contributed by atoms with Gasteiger partial charge in [-0.2, -0.15) is 13.2 Å². The lowest BCUT2D eigenvalue weighted by molar-refractivity contribution is -0.119. The van der Waals surface area contributed by atoms with E-state index in [0.717, 1.165) is 11.3 Å². The Morgan fingerprint density at radius 1 is 1.35 bits per heavy atom. The van der Waals surface area contributed by atoms with Crippen molar-refractivity contribution in [3.05, 3.63) is 12.4 Å². The van der Waals surface area contributed by atoms with Crippen LogP contribution in [0.5, 0.6) is 0 Å². The standard InChI is InChI=1S/C10H15F3N4/c1-3-4-15-8-5-14-6-9(16-8)17(2)7-10(11,12)13/h5-6H,3-4,7H2,1-2H3,(H,15,16). The van der Waals surface area contributed by atoms with Gasteiger partial charge >= 0.3 is 6.18 Å². The number of rotatable bonds is 5. The fraction of sp³-hybridized carbons (Fsp3) is 0.600. The van der Waals surface area contributed by atoms with Crippen molar-refractivity contribution >= 4 is 11.6 Å². The summed E-state index contributed by atoms with van der Waals surface area (Å²) in [6.07, 6.45) is -0.545. The highest BCUT2D eigenvalue weighted by Crippen LogP contribution is 2.19. The normalized spacial score (nSPS) is 11.4. The van der Waals surface area contributed by atoms with Crippen molar-refractivity contribution in [3.63, 3.8) is 0 Å². The number of hydrogen-bond acceptors (Lipinski definition) is 4. The van der Waals surface area contributed by atoms with Crippen LogP contribution in [-0.4, -0.2) is 36.3 Å². The second kappa shape index (κ2) is 5.70. The van der Waals surface area contributed by atoms with Gasteiger partial charge in [-0.25, -0.2) is 4.98 Å². The average Bonchev–Trinajstić information content (AvgIpc) is 2.24. The van der Waals surface area contributed by atoms with Crippen molar-refractivity contribution < 1.29 is 13.2 Å². The summed E-state index contributed by atoms with van der Waals surface area (Å²) in [5.41, 5.74) is 0. The highest BCUT2D eigenvalue weighted by atomic mass is 19.4. The Hall–Kier alpha value is -1.53. The minimum atomic E-state index is -4.25. The second-order valence-electron chi connectivity index (χ2n) is 3.66. The highest BCUT2D eigenvalue weighted by Gasteiger charge is 2.29. The molecule has 0 aromatic carbocycles. The lowest BCUT2D eigenvalue weighted by Gasteiger charge is -2.19. The maximum atomic E-state index is 12.2. The van der Waals surface area contributed by atoms with Crippen molar-refractivity contribution in [3.8, 4) is 0 Å². The molecule has 0 aliphatic heterocycles. The van der Waals surface area contributed by atoms with Gasteiger partial charge in [0.1, 0.15) is 18.2 Å². The van der Waals surface area contributed by atoms with E-state index < -0.39 is 12.7 Å². The number of nitrogens with one attached hydrogen (secondary N) is 1. The molecule has 17 heavy (non-hydrogen) atoms. The summed E-state index contributed by atoms with van der Waals surface area (Å²) in [6.45, 7) is 1.65. The third-order valence-corrected chi connectivity index (χ3v) is 1.99. The van der Waals surface area contributed by atoms with E-state index in [1.807, 2.05) is 6.92 Å². The zero-order valence-electron chi connectivity index (χ0n) is 9.75. The quantitative estimate of drug-likeness (QED) is 0.868. The third-order valence-electron chi connectivity index (χ3n) is 1.99. The van der Waals surface area contributed by atoms with E-state index in [9.17, 15) is 13.2 Å². The van der Waals surface area contributed by atoms with Crippen LogP contribution in [0, 0.1) is 0 Å². The molecular weight excluding hydrogens is 233 g/mol. The lowest BCUT2D eigenvalue weighted by Crippen LogP contribution is -2.31. The zero-order chi connectivity index (χ0) is 12.9. The van der Waals surface area contributed by atoms with E-state index in [1.54, 1.807) is 0 Å². The number of hydrogen-bond donors (Lipinski definition) is 1. The fourth-order valence-electron chi connectivity index (χ4n) is 1.23. The molecule has 0 saturated heterocycles. The Kier molecular flexibility index (Phi) is 4.53. The van der Waals surface area contributed by atoms with Crippen molar-refractivity contribution in [2.75, 3.05) is 30.4 Å². The smallest absolute Gasteiger partial charge is 0.369 e. The van der Waals surface area contributed by atoms with Crippen molar-refractivity contribution in [2.24, 2.45) is 0 Å². The van der Waals surface area contributed by atoms with Gasteiger partial charge in [-0.15, -0.1) is 0 Å². The van der Waals surface area contributed by atoms with Crippen LogP contribution in [-0.2, 0) is 0 Å². The van der Waals surface area contributed by atoms with Gasteiger partial charge in [0, 0.05) is 13.6 Å². The molecule has 1 rings (SSSR count). The molecule has 0 atom stereocenters. The molecule has 0 aliphatic carbocycles. The summed E-state index contributed by atoms with van der Waals surface area (Å²) in [5.74, 6) is 0.682. The lowest BCUT2D eigenvalue weighted by atomic mass is 10.4. The van der Waals surface area contributed by atoms with Crippen LogP contribution in [0.25, 0.3) is 0 Å². The van der Waals surface area contributed by atoms with Crippen LogP contribution in [0.3, 0.4) is 0 Å². The Balaban J connectivity index is 2.70. The minimum Gasteiger partial charge on any atom is -0.369 e. The minimum absolute atomic E-state index is 0.198. The topological polar surface area (TPSA) is 41.1 Å². The van der Waals surface area contributed by atoms with E-state index in [0.29, 0.717) is 12.4 Å². The predicted octanol–water partition coefficient (Wildman–Crippen LogP) is 2.30. The van der Waals surface area contributed by atoms with Crippen molar-refractivity contribution in [1.82, 2.24) is 9.97 Å². The summed E-state index contributed by atoms with van der Waals surface area (Å²) in [4.78, 5) is 8.92. The molecule has 0 amide bonds. The molecule has 0 unspecified atom stereocenters. The number of nitrogens with zero attached hydrogens (tertiary/aromatic N) is 3. The molecule has 1 aromatic rings. The van der Waals surface area contributed by atoms with Gasteiger partial charge in [0.2, 0.25) is 0 Å². The molecule has 1 aromatic heterocycles. The maximum Gasteiger partial charge on any atom is 0.405 e. The first kappa shape index (κ1) is 13.5. The van der Waals surface area contributed by atoms with E-state index in [-0.39, 0.29) is 5.82 Å². The van der Waals surface area contributed by atoms with Crippen LogP contribution in [0.4, 0.5) is 24.8 Å². The number of alkyl halides is 3. The molecule has 1 N–H and O–H groups in total. The van der Waals surface area contributed by atoms with Crippen LogP contribution >= 0.6 is 0 Å². The average molecular weight is 248 g/mol. The number of anilines is 2. The van der Waals surface area contributed by atoms with Crippen LogP contribution in [0.1, 0.15) is 13.3 Å². The maximum absolute atomic E-state index is 12.2. The van der Waals surface area contributed by atoms with E-state index in [2.05, 4.69) is 15.3 Å². The van der Waals surface area contributed by atoms with Crippen molar-refractivity contribution in [2.45, 2.75) is 19.5 Å². The predicted molar refractivity (Wildman–Crippen MR) is 60.1 cm³/mol. The first-order chi connectivity index (χ1) is 7.92. The SMILES string of the molecule is CCCNc1cncc(N(C)CC(F)(F)F)n1. The van der Waals surface area contributed by atoms with Crippen LogP contribution in [0.2, 0.25) is 0 Å². The van der Waals surface area contributed by atoms with E-state index in [4.69, 9.17) is 0 Å². The first-order valence-electron chi connectivity index (χ1n) is 5.26. The second-order valence-corrected chi connectivity index (χ2v) is 3.66. The van der Waals surface area contributed by atoms with Crippen molar-refractivity contribution in [1.29, 1.82) is 0 Å². The molecule has 96 valence electrons. The first-order valence-corrected chi connectivity index (χ1v) is 5.26. The largest absolute Gasteiger partial charge is 0.405 e. The summed E-state index contributed by atoms with van der Waals surface area (Å²) < 4.78 is 36.6. The monoisotopic (exact) mass is 248 g/mol. The van der Waals surface area contributed by atoms with E-state index >= 15 is 0 Å². The molecule has 0 spiro atoms. The highest BCUT2D eigenvalue weighted by molar-refractivity contribution is 5.43. The summed E-state index contributed by atoms with van der Waals surface area (Å²) in [6, 6.07) is 0. The molecule has 0 bridgehead atoms.